The van der Waals surface area contributed by atoms with Crippen molar-refractivity contribution in [2.45, 2.75) is 25.4 Å². The fourth-order valence-electron chi connectivity index (χ4n) is 3.15. The molecule has 1 heterocycles. The van der Waals surface area contributed by atoms with Gasteiger partial charge in [-0.05, 0) is 42.7 Å². The Morgan fingerprint density at radius 3 is 2.70 bits per heavy atom. The van der Waals surface area contributed by atoms with Gasteiger partial charge in [0.1, 0.15) is 24.2 Å². The predicted octanol–water partition coefficient (Wildman–Crippen LogP) is 3.99. The number of benzene rings is 2. The van der Waals surface area contributed by atoms with E-state index in [4.69, 9.17) is 16.3 Å². The molecule has 1 aliphatic carbocycles. The number of amides is 1. The van der Waals surface area contributed by atoms with Crippen LogP contribution in [0.2, 0.25) is 5.02 Å². The van der Waals surface area contributed by atoms with Crippen LogP contribution in [0.4, 0.5) is 0 Å². The number of halogens is 1. The topological polar surface area (TPSA) is 69.0 Å². The minimum absolute atomic E-state index is 0.0416. The third kappa shape index (κ3) is 4.11. The van der Waals surface area contributed by atoms with Gasteiger partial charge in [-0.2, -0.15) is 0 Å². The fourth-order valence-corrected chi connectivity index (χ4v) is 3.32. The van der Waals surface area contributed by atoms with Crippen LogP contribution in [0.25, 0.3) is 0 Å². The standard InChI is InChI=1S/C20H19ClN4O2/c21-18-6-1-2-7-19(18)27-17-5-3-4-14(8-17)11-22-20(26)15-9-16(10-15)25-12-23-24-13-25/h1-8,12-13,15-16H,9-11H2,(H,22,26). The average molecular weight is 383 g/mol. The molecule has 0 unspecified atom stereocenters. The third-order valence-corrected chi connectivity index (χ3v) is 5.08. The SMILES string of the molecule is O=C(NCc1cccc(Oc2ccccc2Cl)c1)C1CC(n2cnnc2)C1. The molecule has 138 valence electrons. The van der Waals surface area contributed by atoms with Crippen molar-refractivity contribution in [3.63, 3.8) is 0 Å². The summed E-state index contributed by atoms with van der Waals surface area (Å²) in [6, 6.07) is 15.3. The normalized spacial score (nSPS) is 18.6. The number of hydrogen-bond donors (Lipinski definition) is 1. The minimum atomic E-state index is 0.0416. The van der Waals surface area contributed by atoms with Crippen LogP contribution >= 0.6 is 11.6 Å². The predicted molar refractivity (Wildman–Crippen MR) is 102 cm³/mol. The van der Waals surface area contributed by atoms with Crippen molar-refractivity contribution in [2.75, 3.05) is 0 Å². The third-order valence-electron chi connectivity index (χ3n) is 4.77. The quantitative estimate of drug-likeness (QED) is 0.699. The summed E-state index contributed by atoms with van der Waals surface area (Å²) in [6.07, 6.45) is 5.03. The minimum Gasteiger partial charge on any atom is -0.456 e. The highest BCUT2D eigenvalue weighted by atomic mass is 35.5. The van der Waals surface area contributed by atoms with Gasteiger partial charge < -0.3 is 14.6 Å². The van der Waals surface area contributed by atoms with Crippen molar-refractivity contribution in [2.24, 2.45) is 5.92 Å². The van der Waals surface area contributed by atoms with Crippen LogP contribution in [0.1, 0.15) is 24.4 Å². The van der Waals surface area contributed by atoms with E-state index in [-0.39, 0.29) is 11.8 Å². The Morgan fingerprint density at radius 2 is 1.93 bits per heavy atom. The van der Waals surface area contributed by atoms with E-state index in [1.807, 2.05) is 47.0 Å². The highest BCUT2D eigenvalue weighted by Crippen LogP contribution is 2.37. The van der Waals surface area contributed by atoms with Crippen molar-refractivity contribution in [1.82, 2.24) is 20.1 Å². The summed E-state index contributed by atoms with van der Waals surface area (Å²) in [6.45, 7) is 0.465. The summed E-state index contributed by atoms with van der Waals surface area (Å²) in [5.74, 6) is 1.41. The Bertz CT molecular complexity index is 923. The van der Waals surface area contributed by atoms with E-state index in [0.717, 1.165) is 18.4 Å². The number of para-hydroxylation sites is 1. The van der Waals surface area contributed by atoms with Crippen LogP contribution in [0.5, 0.6) is 11.5 Å². The van der Waals surface area contributed by atoms with Crippen LogP contribution < -0.4 is 10.1 Å². The van der Waals surface area contributed by atoms with Crippen molar-refractivity contribution in [1.29, 1.82) is 0 Å². The van der Waals surface area contributed by atoms with Gasteiger partial charge in [0.25, 0.3) is 0 Å². The first-order valence-electron chi connectivity index (χ1n) is 8.82. The first-order valence-corrected chi connectivity index (χ1v) is 9.20. The molecule has 1 saturated carbocycles. The molecule has 7 heteroatoms. The lowest BCUT2D eigenvalue weighted by atomic mass is 9.79. The molecule has 1 amide bonds. The summed E-state index contributed by atoms with van der Waals surface area (Å²) in [5, 5.41) is 11.2. The van der Waals surface area contributed by atoms with Crippen molar-refractivity contribution in [3.05, 3.63) is 71.8 Å². The average Bonchev–Trinajstić information content (AvgIpc) is 3.15. The maximum Gasteiger partial charge on any atom is 0.223 e. The molecule has 3 aromatic rings. The molecule has 27 heavy (non-hydrogen) atoms. The maximum absolute atomic E-state index is 12.3. The van der Waals surface area contributed by atoms with E-state index >= 15 is 0 Å². The van der Waals surface area contributed by atoms with E-state index in [9.17, 15) is 4.79 Å². The number of ether oxygens (including phenoxy) is 1. The zero-order chi connectivity index (χ0) is 18.6. The van der Waals surface area contributed by atoms with E-state index in [1.165, 1.54) is 0 Å². The lowest BCUT2D eigenvalue weighted by molar-refractivity contribution is -0.128. The highest BCUT2D eigenvalue weighted by molar-refractivity contribution is 6.32. The molecular formula is C20H19ClN4O2. The Morgan fingerprint density at radius 1 is 1.15 bits per heavy atom. The zero-order valence-electron chi connectivity index (χ0n) is 14.6. The first kappa shape index (κ1) is 17.5. The smallest absolute Gasteiger partial charge is 0.223 e. The van der Waals surface area contributed by atoms with Gasteiger partial charge in [-0.1, -0.05) is 35.9 Å². The number of carbonyl (C=O) groups excluding carboxylic acids is 1. The molecule has 0 aliphatic heterocycles. The van der Waals surface area contributed by atoms with Gasteiger partial charge in [-0.25, -0.2) is 0 Å². The molecule has 1 fully saturated rings. The van der Waals surface area contributed by atoms with Crippen LogP contribution in [-0.4, -0.2) is 20.7 Å². The van der Waals surface area contributed by atoms with E-state index in [0.29, 0.717) is 29.1 Å². The summed E-state index contributed by atoms with van der Waals surface area (Å²) in [4.78, 5) is 12.3. The van der Waals surface area contributed by atoms with Gasteiger partial charge in [0.2, 0.25) is 5.91 Å². The van der Waals surface area contributed by atoms with Gasteiger partial charge in [-0.3, -0.25) is 4.79 Å². The van der Waals surface area contributed by atoms with Gasteiger partial charge in [0.15, 0.2) is 0 Å². The highest BCUT2D eigenvalue weighted by Gasteiger charge is 2.35. The Kier molecular flexibility index (Phi) is 5.07. The molecule has 1 aromatic heterocycles. The van der Waals surface area contributed by atoms with Crippen LogP contribution in [0, 0.1) is 5.92 Å². The Labute approximate surface area is 162 Å². The van der Waals surface area contributed by atoms with Gasteiger partial charge in [0, 0.05) is 18.5 Å². The van der Waals surface area contributed by atoms with Gasteiger partial charge >= 0.3 is 0 Å². The summed E-state index contributed by atoms with van der Waals surface area (Å²) in [5.41, 5.74) is 0.975. The number of hydrogen-bond acceptors (Lipinski definition) is 4. The molecule has 6 nitrogen and oxygen atoms in total. The monoisotopic (exact) mass is 382 g/mol. The molecule has 4 rings (SSSR count). The van der Waals surface area contributed by atoms with Crippen LogP contribution in [-0.2, 0) is 11.3 Å². The molecule has 1 aliphatic rings. The molecule has 0 saturated heterocycles. The van der Waals surface area contributed by atoms with E-state index in [2.05, 4.69) is 15.5 Å². The number of nitrogens with zero attached hydrogens (tertiary/aromatic N) is 3. The number of carbonyl (C=O) groups is 1. The zero-order valence-corrected chi connectivity index (χ0v) is 15.3. The van der Waals surface area contributed by atoms with Gasteiger partial charge in [0.05, 0.1) is 5.02 Å². The second kappa shape index (κ2) is 7.80. The molecule has 0 bridgehead atoms. The Hall–Kier alpha value is -2.86. The van der Waals surface area contributed by atoms with E-state index < -0.39 is 0 Å². The maximum atomic E-state index is 12.3. The number of rotatable bonds is 6. The fraction of sp³-hybridized carbons (Fsp3) is 0.250. The first-order chi connectivity index (χ1) is 13.2. The molecule has 2 aromatic carbocycles. The summed E-state index contributed by atoms with van der Waals surface area (Å²) in [7, 11) is 0. The van der Waals surface area contributed by atoms with Crippen LogP contribution in [0.3, 0.4) is 0 Å². The largest absolute Gasteiger partial charge is 0.456 e. The van der Waals surface area contributed by atoms with Crippen molar-refractivity contribution < 1.29 is 9.53 Å². The number of aromatic nitrogens is 3. The summed E-state index contributed by atoms with van der Waals surface area (Å²) >= 11 is 6.13. The van der Waals surface area contributed by atoms with E-state index in [1.54, 1.807) is 18.7 Å². The molecule has 1 N–H and O–H groups in total. The Balaban J connectivity index is 1.30. The molecule has 0 spiro atoms. The second-order valence-electron chi connectivity index (χ2n) is 6.63. The summed E-state index contributed by atoms with van der Waals surface area (Å²) < 4.78 is 7.79. The second-order valence-corrected chi connectivity index (χ2v) is 7.04. The van der Waals surface area contributed by atoms with Crippen molar-refractivity contribution >= 4 is 17.5 Å². The van der Waals surface area contributed by atoms with Gasteiger partial charge in [-0.15, -0.1) is 10.2 Å². The van der Waals surface area contributed by atoms with Crippen LogP contribution in [0.15, 0.2) is 61.2 Å². The van der Waals surface area contributed by atoms with Crippen molar-refractivity contribution in [3.8, 4) is 11.5 Å². The molecule has 0 radical (unpaired) electrons. The molecule has 0 atom stereocenters. The lowest BCUT2D eigenvalue weighted by Crippen LogP contribution is -2.39. The lowest BCUT2D eigenvalue weighted by Gasteiger charge is -2.34. The number of nitrogens with one attached hydrogen (secondary N) is 1. The molecular weight excluding hydrogens is 364 g/mol.